The first-order valence-electron chi connectivity index (χ1n) is 10.5. The molecule has 1 fully saturated rings. The second-order valence-electron chi connectivity index (χ2n) is 7.94. The van der Waals surface area contributed by atoms with Crippen molar-refractivity contribution in [3.8, 4) is 0 Å². The van der Waals surface area contributed by atoms with Crippen LogP contribution in [0.15, 0.2) is 30.5 Å². The minimum Gasteiger partial charge on any atom is -0.390 e. The van der Waals surface area contributed by atoms with Crippen LogP contribution in [0.2, 0.25) is 10.3 Å². The summed E-state index contributed by atoms with van der Waals surface area (Å²) in [7, 11) is -7.75. The van der Waals surface area contributed by atoms with Gasteiger partial charge in [-0.2, -0.15) is 15.1 Å². The van der Waals surface area contributed by atoms with Gasteiger partial charge < -0.3 is 34.0 Å². The molecule has 17 heteroatoms. The Morgan fingerprint density at radius 3 is 2.69 bits per heavy atom. The zero-order chi connectivity index (χ0) is 26.1. The van der Waals surface area contributed by atoms with E-state index in [2.05, 4.69) is 20.4 Å². The average molecular weight is 582 g/mol. The third kappa shape index (κ3) is 6.43. The van der Waals surface area contributed by atoms with Crippen molar-refractivity contribution in [3.63, 3.8) is 0 Å². The SMILES string of the molecule is COP(=O)(CP(=O)(O)O)OC[C@H]1O[C@@H](n2ncc3c(NCc4ccccc4Cl)nc(Cl)nc32)C[C@@H]1O. The predicted octanol–water partition coefficient (Wildman–Crippen LogP) is 3.38. The van der Waals surface area contributed by atoms with Crippen molar-refractivity contribution < 1.29 is 37.8 Å². The van der Waals surface area contributed by atoms with Crippen molar-refractivity contribution in [3.05, 3.63) is 46.3 Å². The predicted molar refractivity (Wildman–Crippen MR) is 131 cm³/mol. The number of rotatable bonds is 10. The summed E-state index contributed by atoms with van der Waals surface area (Å²) in [6, 6.07) is 7.34. The Hall–Kier alpha value is -1.63. The zero-order valence-electron chi connectivity index (χ0n) is 18.8. The molecule has 4 atom stereocenters. The van der Waals surface area contributed by atoms with Crippen molar-refractivity contribution >= 4 is 55.2 Å². The van der Waals surface area contributed by atoms with Crippen LogP contribution in [0.25, 0.3) is 11.0 Å². The fourth-order valence-corrected chi connectivity index (χ4v) is 7.08. The van der Waals surface area contributed by atoms with Crippen molar-refractivity contribution in [2.24, 2.45) is 0 Å². The number of aliphatic hydroxyl groups excluding tert-OH is 1. The number of halogens is 2. The van der Waals surface area contributed by atoms with E-state index in [1.54, 1.807) is 6.07 Å². The molecule has 13 nitrogen and oxygen atoms in total. The lowest BCUT2D eigenvalue weighted by molar-refractivity contribution is -0.0438. The summed E-state index contributed by atoms with van der Waals surface area (Å²) in [6.45, 7) is -0.0537. The first-order chi connectivity index (χ1) is 17.0. The third-order valence-electron chi connectivity index (χ3n) is 5.38. The highest BCUT2D eigenvalue weighted by molar-refractivity contribution is 7.70. The summed E-state index contributed by atoms with van der Waals surface area (Å²) in [6.07, 6.45) is -1.18. The highest BCUT2D eigenvalue weighted by Crippen LogP contribution is 2.58. The van der Waals surface area contributed by atoms with E-state index in [-0.39, 0.29) is 11.7 Å². The van der Waals surface area contributed by atoms with Crippen LogP contribution < -0.4 is 5.32 Å². The van der Waals surface area contributed by atoms with Crippen LogP contribution >= 0.6 is 38.4 Å². The van der Waals surface area contributed by atoms with Crippen LogP contribution in [0.1, 0.15) is 18.2 Å². The fourth-order valence-electron chi connectivity index (χ4n) is 3.64. The van der Waals surface area contributed by atoms with Crippen LogP contribution in [-0.4, -0.2) is 66.5 Å². The van der Waals surface area contributed by atoms with E-state index in [0.29, 0.717) is 28.4 Å². The zero-order valence-corrected chi connectivity index (χ0v) is 22.1. The summed E-state index contributed by atoms with van der Waals surface area (Å²) >= 11 is 12.4. The summed E-state index contributed by atoms with van der Waals surface area (Å²) in [5, 5.41) is 19.1. The standard InChI is InChI=1S/C19H23Cl2N5O8P2/c1-32-36(31,10-35(28,29)30)33-9-15-14(27)6-16(34-15)26-18-12(8-23-26)17(24-19(21)25-18)22-7-11-4-2-3-5-13(11)20/h2-5,8,14-16,27H,6-7,9-10H2,1H3,(H,22,24,25)(H2,28,29,30)/t14-,15+,16+,36?/m0/s1. The number of aromatic nitrogens is 4. The molecule has 4 rings (SSSR count). The van der Waals surface area contributed by atoms with Gasteiger partial charge in [-0.25, -0.2) is 4.68 Å². The maximum Gasteiger partial charge on any atom is 0.342 e. The molecule has 1 unspecified atom stereocenters. The molecule has 3 heterocycles. The number of benzene rings is 1. The molecule has 0 saturated carbocycles. The number of ether oxygens (including phenoxy) is 1. The molecular weight excluding hydrogens is 559 g/mol. The lowest BCUT2D eigenvalue weighted by Gasteiger charge is -2.20. The molecule has 1 aliphatic heterocycles. The Kier molecular flexibility index (Phi) is 8.38. The van der Waals surface area contributed by atoms with Gasteiger partial charge in [-0.1, -0.05) is 29.8 Å². The van der Waals surface area contributed by atoms with E-state index in [9.17, 15) is 14.2 Å². The number of nitrogens with one attached hydrogen (secondary N) is 1. The van der Waals surface area contributed by atoms with E-state index in [4.69, 9.17) is 46.8 Å². The molecule has 3 aromatic rings. The molecule has 0 bridgehead atoms. The molecule has 36 heavy (non-hydrogen) atoms. The molecule has 2 aromatic heterocycles. The van der Waals surface area contributed by atoms with Crippen molar-refractivity contribution in [2.45, 2.75) is 31.4 Å². The maximum atomic E-state index is 12.5. The summed E-state index contributed by atoms with van der Waals surface area (Å²) < 4.78 is 40.8. The Labute approximate surface area is 215 Å². The van der Waals surface area contributed by atoms with E-state index in [1.165, 1.54) is 10.9 Å². The van der Waals surface area contributed by atoms with Gasteiger partial charge in [-0.3, -0.25) is 9.13 Å². The highest BCUT2D eigenvalue weighted by atomic mass is 35.5. The lowest BCUT2D eigenvalue weighted by Crippen LogP contribution is -2.26. The van der Waals surface area contributed by atoms with Crippen molar-refractivity contribution in [1.29, 1.82) is 0 Å². The van der Waals surface area contributed by atoms with Crippen LogP contribution in [0.3, 0.4) is 0 Å². The van der Waals surface area contributed by atoms with E-state index in [1.807, 2.05) is 18.2 Å². The largest absolute Gasteiger partial charge is 0.390 e. The average Bonchev–Trinajstić information content (AvgIpc) is 3.39. The molecule has 1 saturated heterocycles. The van der Waals surface area contributed by atoms with Gasteiger partial charge in [0, 0.05) is 25.1 Å². The van der Waals surface area contributed by atoms with Crippen molar-refractivity contribution in [1.82, 2.24) is 19.7 Å². The van der Waals surface area contributed by atoms with Gasteiger partial charge in [0.15, 0.2) is 17.8 Å². The molecule has 0 spiro atoms. The first kappa shape index (κ1) is 27.4. The van der Waals surface area contributed by atoms with E-state index in [0.717, 1.165) is 12.7 Å². The summed E-state index contributed by atoms with van der Waals surface area (Å²) in [5.74, 6) is -0.667. The van der Waals surface area contributed by atoms with Gasteiger partial charge in [-0.15, -0.1) is 0 Å². The number of hydrogen-bond donors (Lipinski definition) is 4. The smallest absolute Gasteiger partial charge is 0.342 e. The van der Waals surface area contributed by atoms with Gasteiger partial charge >= 0.3 is 15.2 Å². The van der Waals surface area contributed by atoms with Crippen LogP contribution in [0, 0.1) is 0 Å². The van der Waals surface area contributed by atoms with E-state index < -0.39 is 46.1 Å². The first-order valence-corrected chi connectivity index (χ1v) is 14.8. The number of aliphatic hydroxyl groups is 1. The number of hydrogen-bond acceptors (Lipinski definition) is 10. The minimum absolute atomic E-state index is 0.0391. The maximum absolute atomic E-state index is 12.5. The Morgan fingerprint density at radius 1 is 1.25 bits per heavy atom. The molecule has 1 aromatic carbocycles. The van der Waals surface area contributed by atoms with Crippen LogP contribution in [0.5, 0.6) is 0 Å². The number of nitrogens with zero attached hydrogens (tertiary/aromatic N) is 4. The normalized spacial score (nSPS) is 22.1. The van der Waals surface area contributed by atoms with Crippen LogP contribution in [0.4, 0.5) is 5.82 Å². The third-order valence-corrected chi connectivity index (χ3v) is 9.87. The summed E-state index contributed by atoms with van der Waals surface area (Å²) in [4.78, 5) is 26.7. The van der Waals surface area contributed by atoms with Gasteiger partial charge in [0.05, 0.1) is 24.3 Å². The Balaban J connectivity index is 1.49. The second kappa shape index (κ2) is 11.0. The van der Waals surface area contributed by atoms with Crippen LogP contribution in [-0.2, 0) is 29.5 Å². The molecule has 1 aliphatic rings. The highest BCUT2D eigenvalue weighted by Gasteiger charge is 2.40. The van der Waals surface area contributed by atoms with Gasteiger partial charge in [0.2, 0.25) is 5.28 Å². The lowest BCUT2D eigenvalue weighted by atomic mass is 10.2. The number of anilines is 1. The Bertz CT molecular complexity index is 1340. The van der Waals surface area contributed by atoms with Gasteiger partial charge in [0.1, 0.15) is 11.9 Å². The van der Waals surface area contributed by atoms with Gasteiger partial charge in [-0.05, 0) is 23.2 Å². The number of fused-ring (bicyclic) bond motifs is 1. The molecule has 196 valence electrons. The minimum atomic E-state index is -4.67. The molecule has 0 aliphatic carbocycles. The van der Waals surface area contributed by atoms with Crippen molar-refractivity contribution in [2.75, 3.05) is 24.9 Å². The monoisotopic (exact) mass is 581 g/mol. The molecule has 0 amide bonds. The van der Waals surface area contributed by atoms with E-state index >= 15 is 0 Å². The van der Waals surface area contributed by atoms with Gasteiger partial charge in [0.25, 0.3) is 0 Å². The topological polar surface area (TPSA) is 178 Å². The fraction of sp³-hybridized carbons (Fsp3) is 0.421. The summed E-state index contributed by atoms with van der Waals surface area (Å²) in [5.41, 5.74) is 1.20. The molecular formula is C19H23Cl2N5O8P2. The quantitative estimate of drug-likeness (QED) is 0.203. The molecule has 0 radical (unpaired) electrons. The molecule has 4 N–H and O–H groups in total. The Morgan fingerprint density at radius 2 is 2.00 bits per heavy atom. The second-order valence-corrected chi connectivity index (χ2v) is 13.0.